The standard InChI is InChI=1S/C9H15N3O3/c1-10-6-7(9(15)8(6)14)12-3-2-11-4-5-13/h10-13H,2-5H2,1H3. The predicted octanol–water partition coefficient (Wildman–Crippen LogP) is -1.68. The van der Waals surface area contributed by atoms with Crippen molar-refractivity contribution in [3.63, 3.8) is 0 Å². The highest BCUT2D eigenvalue weighted by molar-refractivity contribution is 5.73. The van der Waals surface area contributed by atoms with Gasteiger partial charge in [0.1, 0.15) is 11.4 Å². The minimum Gasteiger partial charge on any atom is -0.395 e. The maximum absolute atomic E-state index is 11.1. The smallest absolute Gasteiger partial charge is 0.253 e. The van der Waals surface area contributed by atoms with E-state index in [1.54, 1.807) is 7.05 Å². The Hall–Kier alpha value is -1.40. The largest absolute Gasteiger partial charge is 0.395 e. The fourth-order valence-electron chi connectivity index (χ4n) is 1.28. The molecule has 0 radical (unpaired) electrons. The molecule has 1 aromatic rings. The molecule has 0 fully saturated rings. The zero-order valence-corrected chi connectivity index (χ0v) is 8.59. The van der Waals surface area contributed by atoms with Gasteiger partial charge < -0.3 is 21.1 Å². The molecule has 1 aromatic carbocycles. The second kappa shape index (κ2) is 5.47. The van der Waals surface area contributed by atoms with Crippen LogP contribution in [0.1, 0.15) is 0 Å². The van der Waals surface area contributed by atoms with Gasteiger partial charge in [-0.05, 0) is 0 Å². The Labute approximate surface area is 87.0 Å². The van der Waals surface area contributed by atoms with E-state index in [4.69, 9.17) is 5.11 Å². The first kappa shape index (κ1) is 11.7. The summed E-state index contributed by atoms with van der Waals surface area (Å²) in [6, 6.07) is 0. The van der Waals surface area contributed by atoms with Crippen molar-refractivity contribution < 1.29 is 5.11 Å². The summed E-state index contributed by atoms with van der Waals surface area (Å²) in [5, 5.41) is 17.0. The van der Waals surface area contributed by atoms with E-state index < -0.39 is 10.9 Å². The molecule has 0 aliphatic heterocycles. The Morgan fingerprint density at radius 3 is 2.33 bits per heavy atom. The summed E-state index contributed by atoms with van der Waals surface area (Å²) in [7, 11) is 1.60. The monoisotopic (exact) mass is 213 g/mol. The van der Waals surface area contributed by atoms with Gasteiger partial charge in [0.05, 0.1) is 6.61 Å². The zero-order valence-electron chi connectivity index (χ0n) is 8.59. The molecule has 6 nitrogen and oxygen atoms in total. The summed E-state index contributed by atoms with van der Waals surface area (Å²) in [5.41, 5.74) is -0.236. The highest BCUT2D eigenvalue weighted by atomic mass is 16.3. The first-order valence-electron chi connectivity index (χ1n) is 4.79. The molecule has 0 saturated heterocycles. The SMILES string of the molecule is CNc1c(NCCNCCO)c(=O)c1=O. The highest BCUT2D eigenvalue weighted by Gasteiger charge is 2.18. The van der Waals surface area contributed by atoms with Crippen molar-refractivity contribution in [2.24, 2.45) is 0 Å². The van der Waals surface area contributed by atoms with Crippen molar-refractivity contribution in [2.45, 2.75) is 0 Å². The number of anilines is 2. The molecule has 0 saturated carbocycles. The minimum absolute atomic E-state index is 0.0852. The Bertz CT molecular complexity index is 382. The number of aliphatic hydroxyl groups is 1. The lowest BCUT2D eigenvalue weighted by Crippen LogP contribution is -2.38. The number of hydrogen-bond donors (Lipinski definition) is 4. The topological polar surface area (TPSA) is 90.5 Å². The molecule has 6 heteroatoms. The van der Waals surface area contributed by atoms with E-state index in [1.807, 2.05) is 0 Å². The van der Waals surface area contributed by atoms with Crippen LogP contribution in [0.25, 0.3) is 0 Å². The lowest BCUT2D eigenvalue weighted by atomic mass is 10.2. The molecule has 0 amide bonds. The van der Waals surface area contributed by atoms with Gasteiger partial charge in [0, 0.05) is 26.7 Å². The fraction of sp³-hybridized carbons (Fsp3) is 0.556. The molecule has 0 aliphatic rings. The van der Waals surface area contributed by atoms with Crippen LogP contribution in [-0.2, 0) is 0 Å². The number of rotatable bonds is 7. The maximum atomic E-state index is 11.1. The average molecular weight is 213 g/mol. The molecular weight excluding hydrogens is 198 g/mol. The van der Waals surface area contributed by atoms with Crippen LogP contribution in [0, 0.1) is 0 Å². The molecule has 0 atom stereocenters. The van der Waals surface area contributed by atoms with Gasteiger partial charge in [-0.15, -0.1) is 0 Å². The van der Waals surface area contributed by atoms with E-state index >= 15 is 0 Å². The normalized spacial score (nSPS) is 10.5. The Kier molecular flexibility index (Phi) is 4.26. The van der Waals surface area contributed by atoms with Crippen LogP contribution in [0.4, 0.5) is 11.4 Å². The Morgan fingerprint density at radius 1 is 1.07 bits per heavy atom. The number of aliphatic hydroxyl groups excluding tert-OH is 1. The van der Waals surface area contributed by atoms with Crippen molar-refractivity contribution in [1.29, 1.82) is 0 Å². The molecule has 0 bridgehead atoms. The third kappa shape index (κ3) is 2.54. The maximum Gasteiger partial charge on any atom is 0.253 e. The van der Waals surface area contributed by atoms with E-state index in [0.29, 0.717) is 31.0 Å². The van der Waals surface area contributed by atoms with E-state index in [0.717, 1.165) is 0 Å². The quantitative estimate of drug-likeness (QED) is 0.319. The van der Waals surface area contributed by atoms with E-state index in [1.165, 1.54) is 0 Å². The van der Waals surface area contributed by atoms with Crippen molar-refractivity contribution in [2.75, 3.05) is 43.9 Å². The number of hydrogen-bond acceptors (Lipinski definition) is 6. The van der Waals surface area contributed by atoms with Crippen LogP contribution < -0.4 is 26.8 Å². The summed E-state index contributed by atoms with van der Waals surface area (Å²) in [4.78, 5) is 22.1. The van der Waals surface area contributed by atoms with Crippen LogP contribution in [0.3, 0.4) is 0 Å². The van der Waals surface area contributed by atoms with Crippen LogP contribution in [-0.4, -0.2) is 38.4 Å². The van der Waals surface area contributed by atoms with Crippen molar-refractivity contribution >= 4 is 11.4 Å². The zero-order chi connectivity index (χ0) is 11.3. The molecule has 0 heterocycles. The van der Waals surface area contributed by atoms with E-state index in [9.17, 15) is 9.59 Å². The van der Waals surface area contributed by atoms with Crippen molar-refractivity contribution in [1.82, 2.24) is 5.32 Å². The second-order valence-electron chi connectivity index (χ2n) is 3.06. The minimum atomic E-state index is -0.471. The first-order chi connectivity index (χ1) is 7.22. The third-order valence-electron chi connectivity index (χ3n) is 2.05. The molecule has 0 aliphatic carbocycles. The number of nitrogens with one attached hydrogen (secondary N) is 3. The van der Waals surface area contributed by atoms with Gasteiger partial charge in [0.25, 0.3) is 10.9 Å². The van der Waals surface area contributed by atoms with Crippen LogP contribution in [0.15, 0.2) is 9.59 Å². The van der Waals surface area contributed by atoms with Crippen LogP contribution in [0.5, 0.6) is 0 Å². The third-order valence-corrected chi connectivity index (χ3v) is 2.05. The van der Waals surface area contributed by atoms with Crippen LogP contribution in [0.2, 0.25) is 0 Å². The van der Waals surface area contributed by atoms with E-state index in [2.05, 4.69) is 16.0 Å². The second-order valence-corrected chi connectivity index (χ2v) is 3.06. The molecule has 0 unspecified atom stereocenters. The molecule has 0 aromatic heterocycles. The molecule has 1 rings (SSSR count). The highest BCUT2D eigenvalue weighted by Crippen LogP contribution is 2.11. The van der Waals surface area contributed by atoms with Crippen molar-refractivity contribution in [3.8, 4) is 0 Å². The molecule has 15 heavy (non-hydrogen) atoms. The van der Waals surface area contributed by atoms with Gasteiger partial charge in [-0.1, -0.05) is 0 Å². The van der Waals surface area contributed by atoms with Gasteiger partial charge in [-0.2, -0.15) is 0 Å². The summed E-state index contributed by atoms with van der Waals surface area (Å²) < 4.78 is 0. The molecular formula is C9H15N3O3. The summed E-state index contributed by atoms with van der Waals surface area (Å²) in [6.07, 6.45) is 0. The summed E-state index contributed by atoms with van der Waals surface area (Å²) in [6.45, 7) is 1.77. The first-order valence-corrected chi connectivity index (χ1v) is 4.79. The Morgan fingerprint density at radius 2 is 1.73 bits per heavy atom. The van der Waals surface area contributed by atoms with Crippen molar-refractivity contribution in [3.05, 3.63) is 20.4 Å². The predicted molar refractivity (Wildman–Crippen MR) is 59.3 cm³/mol. The molecule has 4 N–H and O–H groups in total. The lowest BCUT2D eigenvalue weighted by Gasteiger charge is -2.12. The van der Waals surface area contributed by atoms with Gasteiger partial charge in [-0.3, -0.25) is 9.59 Å². The average Bonchev–Trinajstić information content (AvgIpc) is 2.26. The van der Waals surface area contributed by atoms with Gasteiger partial charge in [0.2, 0.25) is 0 Å². The summed E-state index contributed by atoms with van der Waals surface area (Å²) >= 11 is 0. The summed E-state index contributed by atoms with van der Waals surface area (Å²) in [5.74, 6) is 0. The van der Waals surface area contributed by atoms with Gasteiger partial charge >= 0.3 is 0 Å². The Balaban J connectivity index is 2.35. The fourth-order valence-corrected chi connectivity index (χ4v) is 1.28. The van der Waals surface area contributed by atoms with E-state index in [-0.39, 0.29) is 6.61 Å². The lowest BCUT2D eigenvalue weighted by molar-refractivity contribution is 0.293. The van der Waals surface area contributed by atoms with Gasteiger partial charge in [0.15, 0.2) is 0 Å². The molecule has 84 valence electrons. The van der Waals surface area contributed by atoms with Crippen LogP contribution >= 0.6 is 0 Å². The van der Waals surface area contributed by atoms with Gasteiger partial charge in [-0.25, -0.2) is 0 Å². The molecule has 0 spiro atoms.